The van der Waals surface area contributed by atoms with Crippen molar-refractivity contribution in [1.29, 1.82) is 5.26 Å². The van der Waals surface area contributed by atoms with E-state index in [9.17, 15) is 8.42 Å². The molecule has 0 aliphatic carbocycles. The van der Waals surface area contributed by atoms with Crippen molar-refractivity contribution in [2.24, 2.45) is 0 Å². The van der Waals surface area contributed by atoms with Gasteiger partial charge in [0.05, 0.1) is 23.5 Å². The van der Waals surface area contributed by atoms with Gasteiger partial charge < -0.3 is 0 Å². The highest BCUT2D eigenvalue weighted by Gasteiger charge is 2.17. The molecule has 0 amide bonds. The Morgan fingerprint density at radius 2 is 1.88 bits per heavy atom. The normalized spacial score (nSPS) is 11.1. The number of benzene rings is 1. The van der Waals surface area contributed by atoms with Crippen LogP contribution in [0.15, 0.2) is 41.6 Å². The van der Waals surface area contributed by atoms with Crippen molar-refractivity contribution >= 4 is 19.7 Å². The summed E-state index contributed by atoms with van der Waals surface area (Å²) in [6.07, 6.45) is 1.34. The Morgan fingerprint density at radius 3 is 2.41 bits per heavy atom. The van der Waals surface area contributed by atoms with Crippen LogP contribution in [-0.2, 0) is 9.05 Å². The number of aromatic nitrogens is 2. The van der Waals surface area contributed by atoms with E-state index < -0.39 is 9.05 Å². The lowest BCUT2D eigenvalue weighted by Gasteiger charge is -2.04. The molecule has 1 heterocycles. The van der Waals surface area contributed by atoms with Crippen LogP contribution in [0.1, 0.15) is 5.56 Å². The van der Waals surface area contributed by atoms with Crippen molar-refractivity contribution in [3.8, 4) is 11.8 Å². The highest BCUT2D eigenvalue weighted by Crippen LogP contribution is 2.18. The van der Waals surface area contributed by atoms with Crippen LogP contribution in [0, 0.1) is 11.3 Å². The van der Waals surface area contributed by atoms with Crippen LogP contribution >= 0.6 is 10.7 Å². The van der Waals surface area contributed by atoms with Gasteiger partial charge in [-0.3, -0.25) is 0 Å². The molecule has 5 nitrogen and oxygen atoms in total. The number of nitriles is 1. The predicted octanol–water partition coefficient (Wildman–Crippen LogP) is 1.67. The lowest BCUT2D eigenvalue weighted by Crippen LogP contribution is -2.04. The molecule has 7 heteroatoms. The fraction of sp³-hybridized carbons (Fsp3) is 0. The Hall–Kier alpha value is -1.84. The molecule has 0 atom stereocenters. The number of nitrogens with zero attached hydrogens (tertiary/aromatic N) is 3. The van der Waals surface area contributed by atoms with Gasteiger partial charge in [0, 0.05) is 10.7 Å². The summed E-state index contributed by atoms with van der Waals surface area (Å²) in [5, 5.41) is 12.4. The summed E-state index contributed by atoms with van der Waals surface area (Å²) < 4.78 is 23.7. The van der Waals surface area contributed by atoms with Crippen LogP contribution in [0.25, 0.3) is 5.69 Å². The Labute approximate surface area is 102 Å². The Bertz CT molecular complexity index is 683. The lowest BCUT2D eigenvalue weighted by atomic mass is 10.2. The van der Waals surface area contributed by atoms with Crippen molar-refractivity contribution in [3.63, 3.8) is 0 Å². The molecule has 2 rings (SSSR count). The van der Waals surface area contributed by atoms with Gasteiger partial charge in [0.2, 0.25) is 0 Å². The molecule has 0 N–H and O–H groups in total. The summed E-state index contributed by atoms with van der Waals surface area (Å²) in [7, 11) is 1.43. The van der Waals surface area contributed by atoms with E-state index in [-0.39, 0.29) is 5.03 Å². The minimum Gasteiger partial charge on any atom is -0.221 e. The average Bonchev–Trinajstić information content (AvgIpc) is 2.78. The number of halogens is 1. The van der Waals surface area contributed by atoms with Gasteiger partial charge in [0.1, 0.15) is 0 Å². The minimum absolute atomic E-state index is 0.108. The zero-order valence-electron chi connectivity index (χ0n) is 8.41. The van der Waals surface area contributed by atoms with Crippen LogP contribution in [0.2, 0.25) is 0 Å². The Balaban J connectivity index is 2.55. The summed E-state index contributed by atoms with van der Waals surface area (Å²) in [6, 6.07) is 9.61. The third kappa shape index (κ3) is 2.30. The molecule has 0 unspecified atom stereocenters. The maximum absolute atomic E-state index is 11.3. The molecular formula is C10H6ClN3O2S. The van der Waals surface area contributed by atoms with Crippen molar-refractivity contribution < 1.29 is 8.42 Å². The van der Waals surface area contributed by atoms with Crippen molar-refractivity contribution in [2.75, 3.05) is 0 Å². The molecular weight excluding hydrogens is 262 g/mol. The van der Waals surface area contributed by atoms with Gasteiger partial charge in [-0.15, -0.1) is 0 Å². The summed E-state index contributed by atoms with van der Waals surface area (Å²) in [4.78, 5) is 0. The zero-order chi connectivity index (χ0) is 12.5. The molecule has 0 bridgehead atoms. The van der Waals surface area contributed by atoms with Gasteiger partial charge in [-0.1, -0.05) is 0 Å². The number of hydrogen-bond acceptors (Lipinski definition) is 4. The second-order valence-corrected chi connectivity index (χ2v) is 5.69. The summed E-state index contributed by atoms with van der Waals surface area (Å²) >= 11 is 0. The molecule has 2 aromatic rings. The maximum Gasteiger partial charge on any atom is 0.278 e. The van der Waals surface area contributed by atoms with Gasteiger partial charge in [-0.05, 0) is 30.3 Å². The van der Waals surface area contributed by atoms with Crippen molar-refractivity contribution in [1.82, 2.24) is 9.78 Å². The SMILES string of the molecule is N#Cc1ccc(-n2nccc2S(=O)(=O)Cl)cc1. The highest BCUT2D eigenvalue weighted by molar-refractivity contribution is 8.13. The molecule has 0 saturated carbocycles. The highest BCUT2D eigenvalue weighted by atomic mass is 35.7. The van der Waals surface area contributed by atoms with E-state index in [1.165, 1.54) is 16.9 Å². The molecule has 17 heavy (non-hydrogen) atoms. The van der Waals surface area contributed by atoms with Gasteiger partial charge >= 0.3 is 0 Å². The van der Waals surface area contributed by atoms with E-state index in [1.54, 1.807) is 24.3 Å². The molecule has 0 saturated heterocycles. The third-order valence-electron chi connectivity index (χ3n) is 2.10. The van der Waals surface area contributed by atoms with E-state index in [0.29, 0.717) is 11.3 Å². The number of rotatable bonds is 2. The molecule has 86 valence electrons. The Morgan fingerprint density at radius 1 is 1.24 bits per heavy atom. The smallest absolute Gasteiger partial charge is 0.221 e. The van der Waals surface area contributed by atoms with Crippen LogP contribution in [0.5, 0.6) is 0 Å². The van der Waals surface area contributed by atoms with Gasteiger partial charge in [0.25, 0.3) is 9.05 Å². The zero-order valence-corrected chi connectivity index (χ0v) is 9.98. The fourth-order valence-electron chi connectivity index (χ4n) is 1.35. The first kappa shape index (κ1) is 11.6. The van der Waals surface area contributed by atoms with Crippen LogP contribution in [0.4, 0.5) is 0 Å². The van der Waals surface area contributed by atoms with E-state index in [2.05, 4.69) is 5.10 Å². The maximum atomic E-state index is 11.3. The number of hydrogen-bond donors (Lipinski definition) is 0. The predicted molar refractivity (Wildman–Crippen MR) is 61.3 cm³/mol. The average molecular weight is 268 g/mol. The molecule has 0 fully saturated rings. The van der Waals surface area contributed by atoms with E-state index in [0.717, 1.165) is 0 Å². The molecule has 1 aromatic heterocycles. The topological polar surface area (TPSA) is 75.8 Å². The largest absolute Gasteiger partial charge is 0.278 e. The lowest BCUT2D eigenvalue weighted by molar-refractivity contribution is 0.600. The van der Waals surface area contributed by atoms with Crippen molar-refractivity contribution in [2.45, 2.75) is 5.03 Å². The van der Waals surface area contributed by atoms with E-state index >= 15 is 0 Å². The van der Waals surface area contributed by atoms with Gasteiger partial charge in [-0.2, -0.15) is 10.4 Å². The standard InChI is InChI=1S/C10H6ClN3O2S/c11-17(15,16)10-5-6-13-14(10)9-3-1-8(7-12)2-4-9/h1-6H. The molecule has 0 radical (unpaired) electrons. The second kappa shape index (κ2) is 4.20. The molecule has 0 aliphatic heterocycles. The first-order valence-electron chi connectivity index (χ1n) is 4.51. The van der Waals surface area contributed by atoms with E-state index in [4.69, 9.17) is 15.9 Å². The van der Waals surface area contributed by atoms with E-state index in [1.807, 2.05) is 6.07 Å². The van der Waals surface area contributed by atoms with Gasteiger partial charge in [-0.25, -0.2) is 13.1 Å². The molecule has 1 aromatic carbocycles. The summed E-state index contributed by atoms with van der Waals surface area (Å²) in [6.45, 7) is 0. The molecule has 0 aliphatic rings. The van der Waals surface area contributed by atoms with Crippen LogP contribution in [0.3, 0.4) is 0 Å². The van der Waals surface area contributed by atoms with Crippen molar-refractivity contribution in [3.05, 3.63) is 42.1 Å². The second-order valence-electron chi connectivity index (χ2n) is 3.18. The quantitative estimate of drug-likeness (QED) is 0.776. The minimum atomic E-state index is -3.85. The third-order valence-corrected chi connectivity index (χ3v) is 3.38. The van der Waals surface area contributed by atoms with Gasteiger partial charge in [0.15, 0.2) is 5.03 Å². The van der Waals surface area contributed by atoms with Crippen LogP contribution < -0.4 is 0 Å². The fourth-order valence-corrected chi connectivity index (χ4v) is 2.28. The summed E-state index contributed by atoms with van der Waals surface area (Å²) in [5.74, 6) is 0. The summed E-state index contributed by atoms with van der Waals surface area (Å²) in [5.41, 5.74) is 1.00. The van der Waals surface area contributed by atoms with Crippen LogP contribution in [-0.4, -0.2) is 18.2 Å². The monoisotopic (exact) mass is 267 g/mol. The Kier molecular flexibility index (Phi) is 2.88. The first-order chi connectivity index (χ1) is 8.02. The molecule has 0 spiro atoms. The first-order valence-corrected chi connectivity index (χ1v) is 6.82.